The first-order valence-electron chi connectivity index (χ1n) is 6.64. The predicted octanol–water partition coefficient (Wildman–Crippen LogP) is 1.24. The van der Waals surface area contributed by atoms with Crippen LogP contribution in [0, 0.1) is 17.6 Å². The Morgan fingerprint density at radius 1 is 1.40 bits per heavy atom. The molecule has 20 heavy (non-hydrogen) atoms. The fourth-order valence-corrected chi connectivity index (χ4v) is 2.53. The normalized spacial score (nSPS) is 23.6. The van der Waals surface area contributed by atoms with Crippen molar-refractivity contribution < 1.29 is 18.7 Å². The monoisotopic (exact) mass is 284 g/mol. The van der Waals surface area contributed by atoms with E-state index in [1.807, 2.05) is 0 Å². The number of carbonyl (C=O) groups excluding carboxylic acids is 1. The molecule has 3 unspecified atom stereocenters. The van der Waals surface area contributed by atoms with Crippen LogP contribution in [0.2, 0.25) is 0 Å². The summed E-state index contributed by atoms with van der Waals surface area (Å²) in [4.78, 5) is 11.8. The largest absolute Gasteiger partial charge is 0.386 e. The van der Waals surface area contributed by atoms with Crippen molar-refractivity contribution in [2.45, 2.75) is 31.4 Å². The average molecular weight is 284 g/mol. The highest BCUT2D eigenvalue weighted by atomic mass is 19.1. The Kier molecular flexibility index (Phi) is 4.67. The van der Waals surface area contributed by atoms with Gasteiger partial charge >= 0.3 is 0 Å². The van der Waals surface area contributed by atoms with Gasteiger partial charge in [0, 0.05) is 18.5 Å². The maximum absolute atomic E-state index is 13.4. The van der Waals surface area contributed by atoms with Gasteiger partial charge < -0.3 is 16.2 Å². The van der Waals surface area contributed by atoms with Gasteiger partial charge in [0.1, 0.15) is 17.7 Å². The Labute approximate surface area is 116 Å². The molecule has 4 N–H and O–H groups in total. The number of carbonyl (C=O) groups is 1. The lowest BCUT2D eigenvalue weighted by Gasteiger charge is -2.16. The van der Waals surface area contributed by atoms with Gasteiger partial charge in [0.2, 0.25) is 5.91 Å². The minimum atomic E-state index is -1.41. The number of halogens is 2. The maximum Gasteiger partial charge on any atom is 0.223 e. The maximum atomic E-state index is 13.4. The second kappa shape index (κ2) is 6.28. The van der Waals surface area contributed by atoms with E-state index in [1.54, 1.807) is 0 Å². The van der Waals surface area contributed by atoms with Gasteiger partial charge in [0.05, 0.1) is 5.56 Å². The van der Waals surface area contributed by atoms with Crippen molar-refractivity contribution >= 4 is 5.91 Å². The Bertz CT molecular complexity index is 476. The Morgan fingerprint density at radius 2 is 2.05 bits per heavy atom. The van der Waals surface area contributed by atoms with E-state index in [0.29, 0.717) is 12.8 Å². The fraction of sp³-hybridized carbons (Fsp3) is 0.500. The van der Waals surface area contributed by atoms with Gasteiger partial charge in [-0.1, -0.05) is 6.07 Å². The lowest BCUT2D eigenvalue weighted by molar-refractivity contribution is -0.125. The number of rotatable bonds is 4. The molecule has 2 rings (SSSR count). The molecule has 110 valence electrons. The minimum Gasteiger partial charge on any atom is -0.386 e. The number of hydrogen-bond donors (Lipinski definition) is 3. The van der Waals surface area contributed by atoms with Crippen molar-refractivity contribution in [3.8, 4) is 0 Å². The topological polar surface area (TPSA) is 75.4 Å². The number of benzene rings is 1. The van der Waals surface area contributed by atoms with Crippen LogP contribution in [0.15, 0.2) is 18.2 Å². The van der Waals surface area contributed by atoms with Crippen molar-refractivity contribution in [2.75, 3.05) is 6.54 Å². The lowest BCUT2D eigenvalue weighted by atomic mass is 10.1. The standard InChI is InChI=1S/C14H18F2N2O2/c15-10-2-1-3-11(16)13(10)12(19)7-18-14(20)8-4-5-9(17)6-8/h1-3,8-9,12,19H,4-7,17H2,(H,18,20). The minimum absolute atomic E-state index is 0.0275. The van der Waals surface area contributed by atoms with Gasteiger partial charge in [-0.05, 0) is 31.4 Å². The van der Waals surface area contributed by atoms with Gasteiger partial charge in [-0.2, -0.15) is 0 Å². The molecule has 0 aromatic heterocycles. The number of nitrogens with one attached hydrogen (secondary N) is 1. The van der Waals surface area contributed by atoms with E-state index in [1.165, 1.54) is 6.07 Å². The molecule has 1 aliphatic carbocycles. The number of amides is 1. The van der Waals surface area contributed by atoms with Gasteiger partial charge in [0.25, 0.3) is 0 Å². The molecule has 6 heteroatoms. The molecule has 1 fully saturated rings. The molecular weight excluding hydrogens is 266 g/mol. The van der Waals surface area contributed by atoms with E-state index in [2.05, 4.69) is 5.32 Å². The van der Waals surface area contributed by atoms with E-state index in [9.17, 15) is 18.7 Å². The van der Waals surface area contributed by atoms with E-state index < -0.39 is 23.3 Å². The zero-order chi connectivity index (χ0) is 14.7. The summed E-state index contributed by atoms with van der Waals surface area (Å²) in [7, 11) is 0. The highest BCUT2D eigenvalue weighted by Crippen LogP contribution is 2.25. The molecule has 1 aliphatic rings. The molecule has 0 radical (unpaired) electrons. The van der Waals surface area contributed by atoms with Crippen LogP contribution in [0.4, 0.5) is 8.78 Å². The first-order chi connectivity index (χ1) is 9.49. The Hall–Kier alpha value is -1.53. The third-order valence-electron chi connectivity index (χ3n) is 3.65. The third kappa shape index (κ3) is 3.32. The third-order valence-corrected chi connectivity index (χ3v) is 3.65. The van der Waals surface area contributed by atoms with E-state index in [0.717, 1.165) is 18.6 Å². The molecule has 1 aromatic carbocycles. The van der Waals surface area contributed by atoms with Crippen LogP contribution in [0.3, 0.4) is 0 Å². The summed E-state index contributed by atoms with van der Waals surface area (Å²) in [6, 6.07) is 3.39. The van der Waals surface area contributed by atoms with Gasteiger partial charge in [-0.3, -0.25) is 4.79 Å². The van der Waals surface area contributed by atoms with Crippen LogP contribution in [0.1, 0.15) is 30.9 Å². The Morgan fingerprint density at radius 3 is 2.60 bits per heavy atom. The molecular formula is C14H18F2N2O2. The molecule has 0 spiro atoms. The molecule has 1 amide bonds. The van der Waals surface area contributed by atoms with E-state index in [4.69, 9.17) is 5.73 Å². The fourth-order valence-electron chi connectivity index (χ4n) is 2.53. The van der Waals surface area contributed by atoms with Crippen LogP contribution in [0.25, 0.3) is 0 Å². The zero-order valence-electron chi connectivity index (χ0n) is 11.0. The van der Waals surface area contributed by atoms with Crippen molar-refractivity contribution in [3.63, 3.8) is 0 Å². The molecule has 0 aliphatic heterocycles. The summed E-state index contributed by atoms with van der Waals surface area (Å²) in [6.45, 7) is -0.220. The summed E-state index contributed by atoms with van der Waals surface area (Å²) in [6.07, 6.45) is 0.700. The van der Waals surface area contributed by atoms with Crippen LogP contribution in [-0.2, 0) is 4.79 Å². The molecule has 3 atom stereocenters. The summed E-state index contributed by atoms with van der Waals surface area (Å²) in [5.41, 5.74) is 5.30. The molecule has 0 heterocycles. The number of aliphatic hydroxyl groups is 1. The molecule has 0 saturated heterocycles. The van der Waals surface area contributed by atoms with Crippen molar-refractivity contribution in [3.05, 3.63) is 35.4 Å². The quantitative estimate of drug-likeness (QED) is 0.778. The SMILES string of the molecule is NC1CCC(C(=O)NCC(O)c2c(F)cccc2F)C1. The van der Waals surface area contributed by atoms with Crippen molar-refractivity contribution in [1.29, 1.82) is 0 Å². The lowest BCUT2D eigenvalue weighted by Crippen LogP contribution is -2.34. The Balaban J connectivity index is 1.92. The van der Waals surface area contributed by atoms with Gasteiger partial charge in [0.15, 0.2) is 0 Å². The van der Waals surface area contributed by atoms with Crippen LogP contribution >= 0.6 is 0 Å². The predicted molar refractivity (Wildman–Crippen MR) is 69.6 cm³/mol. The smallest absolute Gasteiger partial charge is 0.223 e. The number of nitrogens with two attached hydrogens (primary N) is 1. The van der Waals surface area contributed by atoms with Crippen molar-refractivity contribution in [1.82, 2.24) is 5.32 Å². The van der Waals surface area contributed by atoms with E-state index in [-0.39, 0.29) is 24.4 Å². The second-order valence-corrected chi connectivity index (χ2v) is 5.17. The number of aliphatic hydroxyl groups excluding tert-OH is 1. The summed E-state index contributed by atoms with van der Waals surface area (Å²) < 4.78 is 26.9. The molecule has 4 nitrogen and oxygen atoms in total. The van der Waals surface area contributed by atoms with Crippen LogP contribution in [0.5, 0.6) is 0 Å². The number of hydrogen-bond acceptors (Lipinski definition) is 3. The summed E-state index contributed by atoms with van der Waals surface area (Å²) >= 11 is 0. The second-order valence-electron chi connectivity index (χ2n) is 5.17. The molecule has 1 saturated carbocycles. The summed E-state index contributed by atoms with van der Waals surface area (Å²) in [5.74, 6) is -2.05. The van der Waals surface area contributed by atoms with Crippen LogP contribution < -0.4 is 11.1 Å². The summed E-state index contributed by atoms with van der Waals surface area (Å²) in [5, 5.41) is 12.3. The molecule has 1 aromatic rings. The highest BCUT2D eigenvalue weighted by Gasteiger charge is 2.28. The van der Waals surface area contributed by atoms with Crippen molar-refractivity contribution in [2.24, 2.45) is 11.7 Å². The molecule has 0 bridgehead atoms. The van der Waals surface area contributed by atoms with Crippen LogP contribution in [-0.4, -0.2) is 23.6 Å². The zero-order valence-corrected chi connectivity index (χ0v) is 11.0. The first kappa shape index (κ1) is 14.9. The average Bonchev–Trinajstić information content (AvgIpc) is 2.82. The van der Waals surface area contributed by atoms with Gasteiger partial charge in [-0.25, -0.2) is 8.78 Å². The van der Waals surface area contributed by atoms with Gasteiger partial charge in [-0.15, -0.1) is 0 Å². The first-order valence-corrected chi connectivity index (χ1v) is 6.64. The highest BCUT2D eigenvalue weighted by molar-refractivity contribution is 5.79. The van der Waals surface area contributed by atoms with E-state index >= 15 is 0 Å².